The van der Waals surface area contributed by atoms with Crippen molar-refractivity contribution in [3.63, 3.8) is 0 Å². The van der Waals surface area contributed by atoms with Crippen LogP contribution in [0.25, 0.3) is 0 Å². The zero-order valence-corrected chi connectivity index (χ0v) is 11.3. The number of nitrogens with one attached hydrogen (secondary N) is 1. The molecule has 5 heteroatoms. The van der Waals surface area contributed by atoms with Gasteiger partial charge in [-0.2, -0.15) is 0 Å². The van der Waals surface area contributed by atoms with Crippen molar-refractivity contribution in [1.82, 2.24) is 10.2 Å². The molecule has 0 bridgehead atoms. The van der Waals surface area contributed by atoms with Gasteiger partial charge in [0.15, 0.2) is 0 Å². The lowest BCUT2D eigenvalue weighted by molar-refractivity contribution is -0.134. The van der Waals surface area contributed by atoms with Crippen LogP contribution in [0.4, 0.5) is 0 Å². The number of likely N-dealkylation sites (N-methyl/N-ethyl adjacent to an activating group) is 1. The number of methoxy groups -OCH3 is 1. The third-order valence-corrected chi connectivity index (χ3v) is 3.46. The Hall–Kier alpha value is -1.26. The third kappa shape index (κ3) is 2.76. The van der Waals surface area contributed by atoms with E-state index in [-0.39, 0.29) is 11.9 Å². The molecule has 1 atom stereocenters. The van der Waals surface area contributed by atoms with Gasteiger partial charge in [-0.05, 0) is 24.1 Å². The summed E-state index contributed by atoms with van der Waals surface area (Å²) in [5, 5.41) is 3.81. The standard InChI is InChI=1S/C13H17ClN2O2/c1-16-6-5-15-11(13(16)17)8-9-3-4-12(18-2)10(14)7-9/h3-4,7,11,15H,5-6,8H2,1-2H3. The van der Waals surface area contributed by atoms with Crippen molar-refractivity contribution in [3.8, 4) is 5.75 Å². The topological polar surface area (TPSA) is 41.6 Å². The molecular formula is C13H17ClN2O2. The van der Waals surface area contributed by atoms with E-state index in [4.69, 9.17) is 16.3 Å². The SMILES string of the molecule is COc1ccc(CC2NCCN(C)C2=O)cc1Cl. The molecule has 1 saturated heterocycles. The number of hydrogen-bond acceptors (Lipinski definition) is 3. The Labute approximate surface area is 112 Å². The Kier molecular flexibility index (Phi) is 4.09. The molecule has 1 aromatic rings. The molecule has 1 fully saturated rings. The number of amides is 1. The van der Waals surface area contributed by atoms with E-state index in [1.165, 1.54) is 0 Å². The number of piperazine rings is 1. The highest BCUT2D eigenvalue weighted by Gasteiger charge is 2.25. The van der Waals surface area contributed by atoms with Crippen molar-refractivity contribution in [1.29, 1.82) is 0 Å². The minimum atomic E-state index is -0.159. The van der Waals surface area contributed by atoms with Crippen LogP contribution < -0.4 is 10.1 Å². The van der Waals surface area contributed by atoms with Crippen molar-refractivity contribution in [3.05, 3.63) is 28.8 Å². The van der Waals surface area contributed by atoms with E-state index in [9.17, 15) is 4.79 Å². The largest absolute Gasteiger partial charge is 0.495 e. The van der Waals surface area contributed by atoms with Crippen LogP contribution in [0.15, 0.2) is 18.2 Å². The molecule has 1 N–H and O–H groups in total. The van der Waals surface area contributed by atoms with E-state index in [2.05, 4.69) is 5.32 Å². The Morgan fingerprint density at radius 1 is 1.56 bits per heavy atom. The van der Waals surface area contributed by atoms with Gasteiger partial charge in [-0.1, -0.05) is 17.7 Å². The quantitative estimate of drug-likeness (QED) is 0.899. The van der Waals surface area contributed by atoms with Crippen LogP contribution in [0.3, 0.4) is 0 Å². The maximum absolute atomic E-state index is 11.9. The summed E-state index contributed by atoms with van der Waals surface area (Å²) in [6.07, 6.45) is 0.646. The molecule has 0 aromatic heterocycles. The van der Waals surface area contributed by atoms with Gasteiger partial charge in [0, 0.05) is 20.1 Å². The summed E-state index contributed by atoms with van der Waals surface area (Å²) in [6, 6.07) is 5.46. The summed E-state index contributed by atoms with van der Waals surface area (Å²) in [7, 11) is 3.42. The predicted molar refractivity (Wildman–Crippen MR) is 71.1 cm³/mol. The second kappa shape index (κ2) is 5.59. The molecule has 4 nitrogen and oxygen atoms in total. The number of halogens is 1. The van der Waals surface area contributed by atoms with E-state index >= 15 is 0 Å². The van der Waals surface area contributed by atoms with Crippen molar-refractivity contribution in [2.24, 2.45) is 0 Å². The molecule has 1 aromatic carbocycles. The van der Waals surface area contributed by atoms with E-state index < -0.39 is 0 Å². The average Bonchev–Trinajstić information content (AvgIpc) is 2.35. The van der Waals surface area contributed by atoms with Crippen LogP contribution in [0.5, 0.6) is 5.75 Å². The summed E-state index contributed by atoms with van der Waals surface area (Å²) in [5.41, 5.74) is 1.03. The molecule has 98 valence electrons. The zero-order chi connectivity index (χ0) is 13.1. The number of benzene rings is 1. The second-order valence-corrected chi connectivity index (χ2v) is 4.85. The van der Waals surface area contributed by atoms with Gasteiger partial charge in [0.05, 0.1) is 18.2 Å². The third-order valence-electron chi connectivity index (χ3n) is 3.17. The fourth-order valence-corrected chi connectivity index (χ4v) is 2.38. The molecule has 18 heavy (non-hydrogen) atoms. The summed E-state index contributed by atoms with van der Waals surface area (Å²) in [4.78, 5) is 13.7. The minimum Gasteiger partial charge on any atom is -0.495 e. The second-order valence-electron chi connectivity index (χ2n) is 4.44. The molecule has 0 spiro atoms. The lowest BCUT2D eigenvalue weighted by Gasteiger charge is -2.30. The molecule has 1 unspecified atom stereocenters. The fraction of sp³-hybridized carbons (Fsp3) is 0.462. The van der Waals surface area contributed by atoms with Gasteiger partial charge < -0.3 is 15.0 Å². The summed E-state index contributed by atoms with van der Waals surface area (Å²) >= 11 is 6.07. The van der Waals surface area contributed by atoms with Crippen molar-refractivity contribution >= 4 is 17.5 Å². The van der Waals surface area contributed by atoms with Crippen molar-refractivity contribution in [2.75, 3.05) is 27.2 Å². The highest BCUT2D eigenvalue weighted by atomic mass is 35.5. The van der Waals surface area contributed by atoms with Crippen molar-refractivity contribution in [2.45, 2.75) is 12.5 Å². The van der Waals surface area contributed by atoms with E-state index in [1.807, 2.05) is 25.2 Å². The maximum Gasteiger partial charge on any atom is 0.239 e. The van der Waals surface area contributed by atoms with Crippen molar-refractivity contribution < 1.29 is 9.53 Å². The lowest BCUT2D eigenvalue weighted by atomic mass is 10.0. The normalized spacial score (nSPS) is 20.1. The Morgan fingerprint density at radius 2 is 2.33 bits per heavy atom. The Morgan fingerprint density at radius 3 is 3.00 bits per heavy atom. The number of rotatable bonds is 3. The predicted octanol–water partition coefficient (Wildman–Crippen LogP) is 1.32. The molecule has 0 radical (unpaired) electrons. The molecule has 0 saturated carbocycles. The van der Waals surface area contributed by atoms with Crippen LogP contribution in [-0.4, -0.2) is 44.1 Å². The first kappa shape index (κ1) is 13.2. The van der Waals surface area contributed by atoms with Crippen LogP contribution in [0.1, 0.15) is 5.56 Å². The zero-order valence-electron chi connectivity index (χ0n) is 10.6. The molecule has 1 aliphatic rings. The van der Waals surface area contributed by atoms with Gasteiger partial charge in [-0.15, -0.1) is 0 Å². The first-order valence-corrected chi connectivity index (χ1v) is 6.30. The first-order chi connectivity index (χ1) is 8.61. The molecule has 1 aliphatic heterocycles. The van der Waals surface area contributed by atoms with E-state index in [0.717, 1.165) is 18.7 Å². The number of carbonyl (C=O) groups excluding carboxylic acids is 1. The summed E-state index contributed by atoms with van der Waals surface area (Å²) < 4.78 is 5.11. The van der Waals surface area contributed by atoms with Crippen LogP contribution >= 0.6 is 11.6 Å². The van der Waals surface area contributed by atoms with Crippen LogP contribution in [0, 0.1) is 0 Å². The van der Waals surface area contributed by atoms with Gasteiger partial charge in [0.2, 0.25) is 5.91 Å². The number of hydrogen-bond donors (Lipinski definition) is 1. The lowest BCUT2D eigenvalue weighted by Crippen LogP contribution is -2.54. The highest BCUT2D eigenvalue weighted by Crippen LogP contribution is 2.25. The van der Waals surface area contributed by atoms with Crippen LogP contribution in [-0.2, 0) is 11.2 Å². The molecule has 2 rings (SSSR count). The summed E-state index contributed by atoms with van der Waals surface area (Å²) in [5.74, 6) is 0.786. The van der Waals surface area contributed by atoms with Gasteiger partial charge in [-0.3, -0.25) is 4.79 Å². The van der Waals surface area contributed by atoms with Gasteiger partial charge in [0.1, 0.15) is 5.75 Å². The summed E-state index contributed by atoms with van der Waals surface area (Å²) in [6.45, 7) is 1.59. The number of ether oxygens (including phenoxy) is 1. The minimum absolute atomic E-state index is 0.133. The van der Waals surface area contributed by atoms with Gasteiger partial charge in [0.25, 0.3) is 0 Å². The van der Waals surface area contributed by atoms with Gasteiger partial charge >= 0.3 is 0 Å². The monoisotopic (exact) mass is 268 g/mol. The average molecular weight is 269 g/mol. The Bertz CT molecular complexity index is 451. The Balaban J connectivity index is 2.09. The first-order valence-electron chi connectivity index (χ1n) is 5.92. The number of nitrogens with zero attached hydrogens (tertiary/aromatic N) is 1. The fourth-order valence-electron chi connectivity index (χ4n) is 2.10. The highest BCUT2D eigenvalue weighted by molar-refractivity contribution is 6.32. The molecule has 0 aliphatic carbocycles. The van der Waals surface area contributed by atoms with Crippen LogP contribution in [0.2, 0.25) is 5.02 Å². The molecule has 1 heterocycles. The smallest absolute Gasteiger partial charge is 0.239 e. The van der Waals surface area contributed by atoms with Gasteiger partial charge in [-0.25, -0.2) is 0 Å². The van der Waals surface area contributed by atoms with E-state index in [0.29, 0.717) is 17.2 Å². The van der Waals surface area contributed by atoms with E-state index in [1.54, 1.807) is 12.0 Å². The maximum atomic E-state index is 11.9. The molecular weight excluding hydrogens is 252 g/mol. The number of carbonyl (C=O) groups is 1. The molecule has 1 amide bonds.